The zero-order chi connectivity index (χ0) is 15.4. The number of rotatable bonds is 4. The van der Waals surface area contributed by atoms with Crippen LogP contribution in [0, 0.1) is 11.6 Å². The van der Waals surface area contributed by atoms with Gasteiger partial charge in [0.2, 0.25) is 0 Å². The van der Waals surface area contributed by atoms with Gasteiger partial charge in [-0.2, -0.15) is 0 Å². The summed E-state index contributed by atoms with van der Waals surface area (Å²) < 4.78 is 33.8. The second-order valence-electron chi connectivity index (χ2n) is 4.77. The SMILES string of the molecule is Fc1cc(OCc2ccccc2)cc(F)c1-c1ccncc1. The van der Waals surface area contributed by atoms with E-state index in [4.69, 9.17) is 4.74 Å². The first-order valence-corrected chi connectivity index (χ1v) is 6.80. The fraction of sp³-hybridized carbons (Fsp3) is 0.0556. The lowest BCUT2D eigenvalue weighted by Gasteiger charge is -2.10. The Hall–Kier alpha value is -2.75. The average Bonchev–Trinajstić information content (AvgIpc) is 2.54. The first-order chi connectivity index (χ1) is 10.7. The van der Waals surface area contributed by atoms with Crippen LogP contribution in [0.15, 0.2) is 67.0 Å². The van der Waals surface area contributed by atoms with Crippen molar-refractivity contribution in [2.45, 2.75) is 6.61 Å². The Morgan fingerprint density at radius 2 is 1.50 bits per heavy atom. The van der Waals surface area contributed by atoms with E-state index in [9.17, 15) is 8.78 Å². The molecule has 22 heavy (non-hydrogen) atoms. The Morgan fingerprint density at radius 1 is 0.864 bits per heavy atom. The summed E-state index contributed by atoms with van der Waals surface area (Å²) in [5, 5.41) is 0. The van der Waals surface area contributed by atoms with E-state index in [1.54, 1.807) is 12.1 Å². The number of benzene rings is 2. The second kappa shape index (κ2) is 6.35. The molecule has 2 aromatic carbocycles. The van der Waals surface area contributed by atoms with Gasteiger partial charge >= 0.3 is 0 Å². The quantitative estimate of drug-likeness (QED) is 0.702. The molecular formula is C18H13F2NO. The van der Waals surface area contributed by atoms with Gasteiger partial charge in [0.25, 0.3) is 0 Å². The van der Waals surface area contributed by atoms with Crippen molar-refractivity contribution in [3.8, 4) is 16.9 Å². The molecule has 0 atom stereocenters. The third-order valence-electron chi connectivity index (χ3n) is 3.23. The van der Waals surface area contributed by atoms with Gasteiger partial charge in [0.05, 0.1) is 5.56 Å². The molecule has 0 N–H and O–H groups in total. The van der Waals surface area contributed by atoms with Crippen LogP contribution in [0.5, 0.6) is 5.75 Å². The van der Waals surface area contributed by atoms with Crippen molar-refractivity contribution in [3.05, 3.63) is 84.2 Å². The van der Waals surface area contributed by atoms with Gasteiger partial charge in [-0.25, -0.2) is 8.78 Å². The minimum Gasteiger partial charge on any atom is -0.489 e. The van der Waals surface area contributed by atoms with E-state index in [2.05, 4.69) is 4.98 Å². The fourth-order valence-electron chi connectivity index (χ4n) is 2.17. The largest absolute Gasteiger partial charge is 0.489 e. The molecule has 0 saturated carbocycles. The minimum atomic E-state index is -0.658. The van der Waals surface area contributed by atoms with Gasteiger partial charge < -0.3 is 4.74 Å². The maximum absolute atomic E-state index is 14.2. The Bertz CT molecular complexity index is 738. The Morgan fingerprint density at radius 3 is 2.14 bits per heavy atom. The summed E-state index contributed by atoms with van der Waals surface area (Å²) >= 11 is 0. The molecule has 4 heteroatoms. The zero-order valence-corrected chi connectivity index (χ0v) is 11.7. The molecule has 0 bridgehead atoms. The lowest BCUT2D eigenvalue weighted by molar-refractivity contribution is 0.303. The minimum absolute atomic E-state index is 0.0746. The Labute approximate surface area is 127 Å². The van der Waals surface area contributed by atoms with Crippen LogP contribution in [0.4, 0.5) is 8.78 Å². The molecule has 0 aliphatic heterocycles. The highest BCUT2D eigenvalue weighted by atomic mass is 19.1. The molecule has 0 spiro atoms. The summed E-state index contributed by atoms with van der Waals surface area (Å²) in [6.07, 6.45) is 2.99. The number of hydrogen-bond acceptors (Lipinski definition) is 2. The van der Waals surface area contributed by atoms with Crippen LogP contribution >= 0.6 is 0 Å². The third-order valence-corrected chi connectivity index (χ3v) is 3.23. The van der Waals surface area contributed by atoms with E-state index in [1.807, 2.05) is 30.3 Å². The van der Waals surface area contributed by atoms with Crippen LogP contribution in [-0.4, -0.2) is 4.98 Å². The first kappa shape index (κ1) is 14.2. The van der Waals surface area contributed by atoms with Crippen LogP contribution in [0.25, 0.3) is 11.1 Å². The molecule has 0 aliphatic rings. The number of hydrogen-bond donors (Lipinski definition) is 0. The first-order valence-electron chi connectivity index (χ1n) is 6.80. The van der Waals surface area contributed by atoms with Gasteiger partial charge in [-0.1, -0.05) is 30.3 Å². The molecule has 0 amide bonds. The van der Waals surface area contributed by atoms with Gasteiger partial charge in [0, 0.05) is 24.5 Å². The number of halogens is 2. The summed E-state index contributed by atoms with van der Waals surface area (Å²) in [5.41, 5.74) is 1.30. The van der Waals surface area contributed by atoms with Crippen molar-refractivity contribution in [3.63, 3.8) is 0 Å². The van der Waals surface area contributed by atoms with Crippen molar-refractivity contribution in [2.75, 3.05) is 0 Å². The molecule has 0 radical (unpaired) electrons. The van der Waals surface area contributed by atoms with E-state index in [0.29, 0.717) is 5.56 Å². The molecule has 0 unspecified atom stereocenters. The Kier molecular flexibility index (Phi) is 4.10. The highest BCUT2D eigenvalue weighted by Gasteiger charge is 2.14. The summed E-state index contributed by atoms with van der Waals surface area (Å²) in [6, 6.07) is 14.9. The molecule has 3 rings (SSSR count). The molecule has 2 nitrogen and oxygen atoms in total. The summed E-state index contributed by atoms with van der Waals surface area (Å²) in [7, 11) is 0. The van der Waals surface area contributed by atoms with Gasteiger partial charge in [0.15, 0.2) is 0 Å². The van der Waals surface area contributed by atoms with Crippen LogP contribution < -0.4 is 4.74 Å². The van der Waals surface area contributed by atoms with Gasteiger partial charge in [-0.3, -0.25) is 4.98 Å². The second-order valence-corrected chi connectivity index (χ2v) is 4.77. The lowest BCUT2D eigenvalue weighted by Crippen LogP contribution is -1.98. The van der Waals surface area contributed by atoms with Crippen molar-refractivity contribution in [2.24, 2.45) is 0 Å². The highest BCUT2D eigenvalue weighted by molar-refractivity contribution is 5.65. The molecule has 3 aromatic rings. The summed E-state index contributed by atoms with van der Waals surface area (Å²) in [6.45, 7) is 0.258. The zero-order valence-electron chi connectivity index (χ0n) is 11.7. The topological polar surface area (TPSA) is 22.1 Å². The predicted molar refractivity (Wildman–Crippen MR) is 80.4 cm³/mol. The van der Waals surface area contributed by atoms with E-state index in [0.717, 1.165) is 5.56 Å². The molecule has 1 heterocycles. The number of ether oxygens (including phenoxy) is 1. The molecule has 0 fully saturated rings. The van der Waals surface area contributed by atoms with Crippen LogP contribution in [-0.2, 0) is 6.61 Å². The Balaban J connectivity index is 1.84. The molecule has 1 aromatic heterocycles. The monoisotopic (exact) mass is 297 g/mol. The third kappa shape index (κ3) is 3.11. The van der Waals surface area contributed by atoms with E-state index < -0.39 is 11.6 Å². The van der Waals surface area contributed by atoms with E-state index in [-0.39, 0.29) is 17.9 Å². The van der Waals surface area contributed by atoms with Gasteiger partial charge in [-0.05, 0) is 23.3 Å². The fourth-order valence-corrected chi connectivity index (χ4v) is 2.17. The van der Waals surface area contributed by atoms with E-state index in [1.165, 1.54) is 24.5 Å². The molecule has 110 valence electrons. The normalized spacial score (nSPS) is 10.5. The summed E-state index contributed by atoms with van der Waals surface area (Å²) in [4.78, 5) is 3.84. The van der Waals surface area contributed by atoms with Crippen LogP contribution in [0.1, 0.15) is 5.56 Å². The van der Waals surface area contributed by atoms with Crippen molar-refractivity contribution >= 4 is 0 Å². The van der Waals surface area contributed by atoms with Gasteiger partial charge in [0.1, 0.15) is 24.0 Å². The molecule has 0 aliphatic carbocycles. The van der Waals surface area contributed by atoms with Crippen LogP contribution in [0.3, 0.4) is 0 Å². The van der Waals surface area contributed by atoms with Crippen LogP contribution in [0.2, 0.25) is 0 Å². The number of aromatic nitrogens is 1. The highest BCUT2D eigenvalue weighted by Crippen LogP contribution is 2.29. The van der Waals surface area contributed by atoms with Crippen molar-refractivity contribution in [1.29, 1.82) is 0 Å². The standard InChI is InChI=1S/C18H13F2NO/c19-16-10-15(22-12-13-4-2-1-3-5-13)11-17(20)18(16)14-6-8-21-9-7-14/h1-11H,12H2. The molecular weight excluding hydrogens is 284 g/mol. The maximum atomic E-state index is 14.2. The van der Waals surface area contributed by atoms with Gasteiger partial charge in [-0.15, -0.1) is 0 Å². The lowest BCUT2D eigenvalue weighted by atomic mass is 10.1. The maximum Gasteiger partial charge on any atom is 0.137 e. The summed E-state index contributed by atoms with van der Waals surface area (Å²) in [5.74, 6) is -1.15. The van der Waals surface area contributed by atoms with Crippen molar-refractivity contribution < 1.29 is 13.5 Å². The smallest absolute Gasteiger partial charge is 0.137 e. The number of pyridine rings is 1. The molecule has 0 saturated heterocycles. The van der Waals surface area contributed by atoms with E-state index >= 15 is 0 Å². The average molecular weight is 297 g/mol. The predicted octanol–water partition coefficient (Wildman–Crippen LogP) is 4.61. The number of nitrogens with zero attached hydrogens (tertiary/aromatic N) is 1. The van der Waals surface area contributed by atoms with Crippen molar-refractivity contribution in [1.82, 2.24) is 4.98 Å².